The summed E-state index contributed by atoms with van der Waals surface area (Å²) in [4.78, 5) is 84.5. The normalized spacial score (nSPS) is 15.1. The average Bonchev–Trinajstić information content (AvgIpc) is 2.34. The lowest BCUT2D eigenvalue weighted by atomic mass is 10.1. The molecule has 0 rings (SSSR count). The van der Waals surface area contributed by atoms with Gasteiger partial charge in [0.1, 0.15) is 31.2 Å². The predicted molar refractivity (Wildman–Crippen MR) is 96.8 cm³/mol. The largest absolute Gasteiger partial charge is 0.480 e. The number of carboxylic acid groups (broad SMARTS) is 1. The van der Waals surface area contributed by atoms with Crippen LogP contribution < -0.4 is 0 Å². The molecule has 0 aromatic heterocycles. The van der Waals surface area contributed by atoms with Crippen molar-refractivity contribution in [1.82, 2.24) is 9.80 Å². The van der Waals surface area contributed by atoms with Crippen molar-refractivity contribution in [2.75, 3.05) is 31.7 Å². The average molecular weight is 508 g/mol. The van der Waals surface area contributed by atoms with Gasteiger partial charge in [-0.1, -0.05) is 0 Å². The van der Waals surface area contributed by atoms with Crippen LogP contribution in [0.3, 0.4) is 0 Å². The molecule has 0 unspecified atom stereocenters. The number of aliphatic carboxylic acids is 1. The first kappa shape index (κ1) is 29.0. The van der Waals surface area contributed by atoms with Crippen molar-refractivity contribution < 1.29 is 67.3 Å². The Bertz CT molecular complexity index is 687. The van der Waals surface area contributed by atoms with Crippen LogP contribution in [-0.4, -0.2) is 97.8 Å². The van der Waals surface area contributed by atoms with E-state index >= 15 is 0 Å². The minimum Gasteiger partial charge on any atom is -0.480 e. The molecular formula is C9H24N2O14P4. The summed E-state index contributed by atoms with van der Waals surface area (Å²) in [5.74, 6) is -1.68. The van der Waals surface area contributed by atoms with Gasteiger partial charge in [0.05, 0.1) is 0 Å². The summed E-state index contributed by atoms with van der Waals surface area (Å²) in [5.41, 5.74) is 0. The first-order valence-electron chi connectivity index (χ1n) is 7.56. The van der Waals surface area contributed by atoms with Crippen LogP contribution in [-0.2, 0) is 23.1 Å². The van der Waals surface area contributed by atoms with Crippen molar-refractivity contribution >= 4 is 36.4 Å². The Hall–Kier alpha value is -0.0100. The number of rotatable bonds is 14. The molecular weight excluding hydrogens is 484 g/mol. The zero-order valence-corrected chi connectivity index (χ0v) is 18.4. The van der Waals surface area contributed by atoms with E-state index in [9.17, 15) is 28.2 Å². The van der Waals surface area contributed by atoms with Gasteiger partial charge in [-0.15, -0.1) is 0 Å². The van der Waals surface area contributed by atoms with Crippen LogP contribution >= 0.6 is 30.4 Å². The summed E-state index contributed by atoms with van der Waals surface area (Å²) in [7, 11) is -19.2. The third-order valence-corrected chi connectivity index (χ3v) is 6.18. The molecule has 0 aliphatic heterocycles. The Kier molecular flexibility index (Phi) is 11.0. The lowest BCUT2D eigenvalue weighted by molar-refractivity contribution is -0.143. The maximum absolute atomic E-state index is 11.4. The molecule has 0 saturated carbocycles. The molecule has 0 amide bonds. The van der Waals surface area contributed by atoms with Crippen molar-refractivity contribution in [2.24, 2.45) is 0 Å². The number of hydrogen-bond donors (Lipinski definition) is 9. The van der Waals surface area contributed by atoms with E-state index in [1.54, 1.807) is 0 Å². The maximum Gasteiger partial charge on any atom is 0.339 e. The highest BCUT2D eigenvalue weighted by molar-refractivity contribution is 7.53. The van der Waals surface area contributed by atoms with Gasteiger partial charge in [0, 0.05) is 0 Å². The second-order valence-electron chi connectivity index (χ2n) is 6.20. The fourth-order valence-corrected chi connectivity index (χ4v) is 5.77. The molecule has 20 heteroatoms. The number of nitrogens with zero attached hydrogens (tertiary/aromatic N) is 2. The van der Waals surface area contributed by atoms with Crippen molar-refractivity contribution in [2.45, 2.75) is 18.9 Å². The minimum absolute atomic E-state index is 0.282. The molecule has 0 aromatic carbocycles. The van der Waals surface area contributed by atoms with Crippen LogP contribution in [0.4, 0.5) is 0 Å². The van der Waals surface area contributed by atoms with E-state index in [2.05, 4.69) is 0 Å². The maximum atomic E-state index is 11.4. The minimum atomic E-state index is -4.91. The highest BCUT2D eigenvalue weighted by atomic mass is 31.2. The number of carbonyl (C=O) groups is 1. The van der Waals surface area contributed by atoms with E-state index in [0.29, 0.717) is 9.80 Å². The van der Waals surface area contributed by atoms with Crippen molar-refractivity contribution in [1.29, 1.82) is 0 Å². The fraction of sp³-hybridized carbons (Fsp3) is 0.889. The van der Waals surface area contributed by atoms with Gasteiger partial charge in [-0.2, -0.15) is 0 Å². The zero-order valence-electron chi connectivity index (χ0n) is 14.8. The Labute approximate surface area is 164 Å². The van der Waals surface area contributed by atoms with Crippen LogP contribution in [0, 0.1) is 0 Å². The van der Waals surface area contributed by atoms with Crippen molar-refractivity contribution in [3.05, 3.63) is 0 Å². The highest BCUT2D eigenvalue weighted by Crippen LogP contribution is 2.43. The molecule has 0 radical (unpaired) electrons. The van der Waals surface area contributed by atoms with E-state index in [-0.39, 0.29) is 6.42 Å². The summed E-state index contributed by atoms with van der Waals surface area (Å²) in [6, 6.07) is -1.79. The molecule has 0 saturated heterocycles. The highest BCUT2D eigenvalue weighted by Gasteiger charge is 2.35. The van der Waals surface area contributed by atoms with Gasteiger partial charge >= 0.3 is 36.4 Å². The van der Waals surface area contributed by atoms with E-state index in [1.165, 1.54) is 0 Å². The van der Waals surface area contributed by atoms with Gasteiger partial charge in [0.2, 0.25) is 0 Å². The second kappa shape index (κ2) is 11.0. The topological polar surface area (TPSA) is 274 Å². The summed E-state index contributed by atoms with van der Waals surface area (Å²) >= 11 is 0. The summed E-state index contributed by atoms with van der Waals surface area (Å²) < 4.78 is 44.5. The fourth-order valence-electron chi connectivity index (χ4n) is 2.39. The standard InChI is InChI=1S/C9H24N2O14P4/c12-9(13)8(11(6-28(20,21)22)7-29(23,24)25)2-1-3-10(4-26(14,15)16)5-27(17,18)19/h8H,1-7H2,(H,12,13)(H2,14,15,16)(H2,17,18,19)(H2,20,21,22)(H2,23,24,25)/t8-/m1/s1. The first-order chi connectivity index (χ1) is 12.7. The summed E-state index contributed by atoms with van der Waals surface area (Å²) in [6.45, 7) is -0.417. The Morgan fingerprint density at radius 2 is 1.03 bits per heavy atom. The molecule has 0 heterocycles. The zero-order chi connectivity index (χ0) is 23.3. The van der Waals surface area contributed by atoms with E-state index in [4.69, 9.17) is 39.1 Å². The molecule has 0 bridgehead atoms. The molecule has 29 heavy (non-hydrogen) atoms. The molecule has 174 valence electrons. The van der Waals surface area contributed by atoms with Crippen LogP contribution in [0.5, 0.6) is 0 Å². The molecule has 0 aliphatic rings. The molecule has 16 nitrogen and oxygen atoms in total. The molecule has 0 aromatic rings. The first-order valence-corrected chi connectivity index (χ1v) is 14.7. The van der Waals surface area contributed by atoms with Gasteiger partial charge in [0.15, 0.2) is 0 Å². The van der Waals surface area contributed by atoms with Crippen LogP contribution in [0.25, 0.3) is 0 Å². The van der Waals surface area contributed by atoms with Crippen molar-refractivity contribution in [3.63, 3.8) is 0 Å². The van der Waals surface area contributed by atoms with Gasteiger partial charge in [-0.3, -0.25) is 32.9 Å². The van der Waals surface area contributed by atoms with E-state index in [1.807, 2.05) is 0 Å². The smallest absolute Gasteiger partial charge is 0.339 e. The molecule has 9 N–H and O–H groups in total. The number of hydrogen-bond acceptors (Lipinski definition) is 7. The third kappa shape index (κ3) is 16.4. The predicted octanol–water partition coefficient (Wildman–Crippen LogP) is -1.64. The quantitative estimate of drug-likeness (QED) is 0.119. The lowest BCUT2D eigenvalue weighted by Crippen LogP contribution is -2.42. The number of carboxylic acids is 1. The molecule has 0 aliphatic carbocycles. The van der Waals surface area contributed by atoms with Crippen LogP contribution in [0.1, 0.15) is 12.8 Å². The van der Waals surface area contributed by atoms with Gasteiger partial charge in [-0.25, -0.2) is 0 Å². The Morgan fingerprint density at radius 1 is 0.690 bits per heavy atom. The SMILES string of the molecule is O=C(O)[C@@H](CCCN(CP(=O)(O)O)CP(=O)(O)O)N(CP(=O)(O)O)CP(=O)(O)O. The molecule has 0 fully saturated rings. The van der Waals surface area contributed by atoms with E-state index in [0.717, 1.165) is 0 Å². The van der Waals surface area contributed by atoms with Crippen LogP contribution in [0.2, 0.25) is 0 Å². The van der Waals surface area contributed by atoms with E-state index < -0.39 is 80.5 Å². The van der Waals surface area contributed by atoms with Gasteiger partial charge < -0.3 is 44.3 Å². The van der Waals surface area contributed by atoms with Crippen LogP contribution in [0.15, 0.2) is 0 Å². The van der Waals surface area contributed by atoms with Gasteiger partial charge in [0.25, 0.3) is 0 Å². The lowest BCUT2D eigenvalue weighted by Gasteiger charge is -2.30. The monoisotopic (exact) mass is 508 g/mol. The molecule has 0 spiro atoms. The van der Waals surface area contributed by atoms with Gasteiger partial charge in [-0.05, 0) is 19.4 Å². The Balaban J connectivity index is 5.34. The van der Waals surface area contributed by atoms with Crippen molar-refractivity contribution in [3.8, 4) is 0 Å². The molecule has 1 atom stereocenters. The Morgan fingerprint density at radius 3 is 1.31 bits per heavy atom. The summed E-state index contributed by atoms with van der Waals surface area (Å²) in [6.07, 6.45) is -5.40. The second-order valence-corrected chi connectivity index (χ2v) is 12.7. The third-order valence-electron chi connectivity index (χ3n) is 3.18. The summed E-state index contributed by atoms with van der Waals surface area (Å²) in [5, 5.41) is 9.27.